The number of nitrogens with one attached hydrogen (secondary N) is 2. The van der Waals surface area contributed by atoms with Crippen molar-refractivity contribution in [2.24, 2.45) is 4.99 Å². The second-order valence-corrected chi connectivity index (χ2v) is 9.19. The third kappa shape index (κ3) is 10.8. The van der Waals surface area contributed by atoms with E-state index in [-0.39, 0.29) is 5.56 Å². The van der Waals surface area contributed by atoms with Crippen molar-refractivity contribution in [3.63, 3.8) is 0 Å². The van der Waals surface area contributed by atoms with Crippen LogP contribution in [-0.2, 0) is 11.2 Å². The molecule has 5 nitrogen and oxygen atoms in total. The number of halogens is 2. The van der Waals surface area contributed by atoms with Crippen LogP contribution in [0.15, 0.2) is 41.9 Å². The summed E-state index contributed by atoms with van der Waals surface area (Å²) in [4.78, 5) is 8.34. The summed E-state index contributed by atoms with van der Waals surface area (Å²) in [5.74, 6) is 0.976. The Morgan fingerprint density at radius 1 is 1.26 bits per heavy atom. The van der Waals surface area contributed by atoms with Gasteiger partial charge in [0.05, 0.1) is 5.56 Å². The van der Waals surface area contributed by atoms with Crippen LogP contribution in [0.5, 0.6) is 0 Å². The number of methoxy groups -OCH3 is 1. The second kappa shape index (κ2) is 20.6. The molecule has 2 N–H and O–H groups in total. The Kier molecular flexibility index (Phi) is 19.4. The largest absolute Gasteiger partial charge is 0.385 e. The lowest BCUT2D eigenvalue weighted by Crippen LogP contribution is -2.53. The molecule has 0 spiro atoms. The van der Waals surface area contributed by atoms with Crippen LogP contribution in [0, 0.1) is 6.92 Å². The Balaban J connectivity index is 0.00000179. The number of alkyl halides is 2. The number of aliphatic imine (C=N–C) groups is 1. The van der Waals surface area contributed by atoms with Crippen LogP contribution in [0.25, 0.3) is 0 Å². The molecule has 2 heterocycles. The molecule has 0 unspecified atom stereocenters. The first-order valence-electron chi connectivity index (χ1n) is 13.7. The van der Waals surface area contributed by atoms with E-state index in [4.69, 9.17) is 9.73 Å². The predicted molar refractivity (Wildman–Crippen MR) is 164 cm³/mol. The molecule has 1 saturated heterocycles. The fraction of sp³-hybridized carbons (Fsp3) is 0.567. The van der Waals surface area contributed by atoms with Crippen LogP contribution in [0.1, 0.15) is 76.0 Å². The average Bonchev–Trinajstić information content (AvgIpc) is 3.25. The minimum atomic E-state index is -2.46. The van der Waals surface area contributed by atoms with Crippen molar-refractivity contribution >= 4 is 27.9 Å². The van der Waals surface area contributed by atoms with Gasteiger partial charge < -0.3 is 20.3 Å². The molecule has 1 fully saturated rings. The lowest BCUT2D eigenvalue weighted by atomic mass is 10.1. The van der Waals surface area contributed by atoms with Gasteiger partial charge in [-0.1, -0.05) is 52.8 Å². The summed E-state index contributed by atoms with van der Waals surface area (Å²) in [6, 6.07) is 6.72. The molecule has 1 atom stereocenters. The molecule has 0 saturated carbocycles. The van der Waals surface area contributed by atoms with E-state index in [1.54, 1.807) is 36.7 Å². The van der Waals surface area contributed by atoms with Crippen molar-refractivity contribution in [3.05, 3.63) is 58.5 Å². The van der Waals surface area contributed by atoms with E-state index in [0.29, 0.717) is 6.04 Å². The van der Waals surface area contributed by atoms with Crippen molar-refractivity contribution in [1.82, 2.24) is 10.2 Å². The predicted octanol–water partition coefficient (Wildman–Crippen LogP) is 8.23. The molecule has 216 valence electrons. The van der Waals surface area contributed by atoms with E-state index in [1.165, 1.54) is 22.6 Å². The molecule has 1 aromatic carbocycles. The number of hydrogen-bond acceptors (Lipinski definition) is 5. The molecule has 3 rings (SSSR count). The highest BCUT2D eigenvalue weighted by molar-refractivity contribution is 7.16. The highest BCUT2D eigenvalue weighted by Crippen LogP contribution is 2.37. The normalized spacial score (nSPS) is 14.9. The maximum Gasteiger partial charge on any atom is 0.263 e. The van der Waals surface area contributed by atoms with E-state index < -0.39 is 6.43 Å². The van der Waals surface area contributed by atoms with Crippen LogP contribution in [-0.4, -0.2) is 57.2 Å². The summed E-state index contributed by atoms with van der Waals surface area (Å²) >= 11 is 1.71. The van der Waals surface area contributed by atoms with Gasteiger partial charge in [0.25, 0.3) is 6.43 Å². The van der Waals surface area contributed by atoms with Crippen LogP contribution < -0.4 is 10.6 Å². The molecule has 1 aliphatic heterocycles. The van der Waals surface area contributed by atoms with Crippen molar-refractivity contribution in [2.75, 3.05) is 45.7 Å². The maximum atomic E-state index is 12.9. The summed E-state index contributed by atoms with van der Waals surface area (Å²) in [6.45, 7) is 20.9. The Labute approximate surface area is 234 Å². The van der Waals surface area contributed by atoms with Gasteiger partial charge in [0.2, 0.25) is 0 Å². The van der Waals surface area contributed by atoms with Crippen LogP contribution >= 0.6 is 11.3 Å². The van der Waals surface area contributed by atoms with Gasteiger partial charge in [-0.25, -0.2) is 8.78 Å². The fourth-order valence-corrected chi connectivity index (χ4v) is 5.14. The summed E-state index contributed by atoms with van der Waals surface area (Å²) in [6.07, 6.45) is 1.18. The van der Waals surface area contributed by atoms with Crippen molar-refractivity contribution in [3.8, 4) is 0 Å². The maximum absolute atomic E-state index is 12.9. The number of aryl methyl sites for hydroxylation is 1. The Bertz CT molecular complexity index is 929. The SMILES string of the molecule is C=CC.CC.CC.CCc1sc(Nc2ccc(C(F)F)cc2)c(C(=NC)N2CCN[C@@H](CCOC)C2)c1C. The summed E-state index contributed by atoms with van der Waals surface area (Å²) < 4.78 is 31.1. The monoisotopic (exact) mass is 552 g/mol. The number of rotatable bonds is 8. The average molecular weight is 553 g/mol. The van der Waals surface area contributed by atoms with Gasteiger partial charge >= 0.3 is 0 Å². The molecule has 1 aromatic heterocycles. The third-order valence-corrected chi connectivity index (χ3v) is 7.00. The first-order chi connectivity index (χ1) is 18.4. The Hall–Kier alpha value is -2.29. The van der Waals surface area contributed by atoms with Gasteiger partial charge in [-0.2, -0.15) is 0 Å². The van der Waals surface area contributed by atoms with Gasteiger partial charge in [-0.15, -0.1) is 17.9 Å². The quantitative estimate of drug-likeness (QED) is 0.197. The van der Waals surface area contributed by atoms with E-state index >= 15 is 0 Å². The van der Waals surface area contributed by atoms with Crippen LogP contribution in [0.4, 0.5) is 19.5 Å². The van der Waals surface area contributed by atoms with Crippen molar-refractivity contribution in [1.29, 1.82) is 0 Å². The Morgan fingerprint density at radius 3 is 2.37 bits per heavy atom. The molecule has 0 aliphatic carbocycles. The molecule has 2 aromatic rings. The first kappa shape index (κ1) is 35.7. The number of hydrogen-bond donors (Lipinski definition) is 2. The highest BCUT2D eigenvalue weighted by Gasteiger charge is 2.27. The van der Waals surface area contributed by atoms with Crippen molar-refractivity contribution in [2.45, 2.75) is 73.8 Å². The zero-order chi connectivity index (χ0) is 29.1. The fourth-order valence-electron chi connectivity index (χ4n) is 3.98. The van der Waals surface area contributed by atoms with Crippen LogP contribution in [0.2, 0.25) is 0 Å². The number of allylic oxidation sites excluding steroid dienone is 1. The third-order valence-electron chi connectivity index (χ3n) is 5.65. The smallest absolute Gasteiger partial charge is 0.263 e. The number of nitrogens with zero attached hydrogens (tertiary/aromatic N) is 2. The van der Waals surface area contributed by atoms with E-state index in [2.05, 4.69) is 36.0 Å². The molecule has 0 radical (unpaired) electrons. The first-order valence-corrected chi connectivity index (χ1v) is 14.5. The van der Waals surface area contributed by atoms with E-state index in [9.17, 15) is 8.78 Å². The zero-order valence-electron chi connectivity index (χ0n) is 25.0. The standard InChI is InChI=1S/C23H32F2N4OS.C3H6.2C2H6/c1-5-19-15(2)20(22(26-3)29-12-11-27-18(14-29)10-13-30-4)23(31-19)28-17-8-6-16(7-9-17)21(24)25;1-3-2;2*1-2/h6-9,18,21,27-28H,5,10-14H2,1-4H3;3H,1H2,2H3;2*1-2H3/t18-;;;/m0.../s1. The van der Waals surface area contributed by atoms with Gasteiger partial charge in [-0.05, 0) is 44.4 Å². The molecule has 8 heteroatoms. The summed E-state index contributed by atoms with van der Waals surface area (Å²) in [5.41, 5.74) is 3.16. The highest BCUT2D eigenvalue weighted by atomic mass is 32.1. The number of anilines is 2. The number of benzene rings is 1. The number of piperazine rings is 1. The van der Waals surface area contributed by atoms with Crippen molar-refractivity contribution < 1.29 is 13.5 Å². The number of thiophene rings is 1. The summed E-state index contributed by atoms with van der Waals surface area (Å²) in [7, 11) is 3.57. The molecule has 0 bridgehead atoms. The number of amidine groups is 1. The van der Waals surface area contributed by atoms with E-state index in [0.717, 1.165) is 61.2 Å². The molecule has 38 heavy (non-hydrogen) atoms. The minimum Gasteiger partial charge on any atom is -0.385 e. The van der Waals surface area contributed by atoms with Gasteiger partial charge in [0.1, 0.15) is 10.8 Å². The molecular formula is C30H50F2N4OS. The molecular weight excluding hydrogens is 502 g/mol. The molecule has 1 aliphatic rings. The zero-order valence-corrected chi connectivity index (χ0v) is 25.8. The minimum absolute atomic E-state index is 0.0288. The topological polar surface area (TPSA) is 48.9 Å². The Morgan fingerprint density at radius 2 is 1.87 bits per heavy atom. The van der Waals surface area contributed by atoms with Crippen LogP contribution in [0.3, 0.4) is 0 Å². The van der Waals surface area contributed by atoms with E-state index in [1.807, 2.05) is 41.7 Å². The van der Waals surface area contributed by atoms with Gasteiger partial charge in [0, 0.05) is 62.6 Å². The number of ether oxygens (including phenoxy) is 1. The lowest BCUT2D eigenvalue weighted by Gasteiger charge is -2.36. The second-order valence-electron chi connectivity index (χ2n) is 8.09. The summed E-state index contributed by atoms with van der Waals surface area (Å²) in [5, 5.41) is 8.03. The molecule has 0 amide bonds. The van der Waals surface area contributed by atoms with Gasteiger partial charge in [0.15, 0.2) is 0 Å². The lowest BCUT2D eigenvalue weighted by molar-refractivity contribution is 0.151. The van der Waals surface area contributed by atoms with Gasteiger partial charge in [-0.3, -0.25) is 4.99 Å².